The normalized spacial score (nSPS) is 16.1. The van der Waals surface area contributed by atoms with Gasteiger partial charge in [0.05, 0.1) is 18.3 Å². The summed E-state index contributed by atoms with van der Waals surface area (Å²) in [5.41, 5.74) is 1.65. The zero-order chi connectivity index (χ0) is 20.3. The largest absolute Gasteiger partial charge is 0.467 e. The molecule has 0 spiro atoms. The number of benzene rings is 1. The van der Waals surface area contributed by atoms with E-state index in [0.717, 1.165) is 5.56 Å². The predicted molar refractivity (Wildman–Crippen MR) is 111 cm³/mol. The predicted octanol–water partition coefficient (Wildman–Crippen LogP) is 4.13. The number of nitrogens with one attached hydrogen (secondary N) is 1. The van der Waals surface area contributed by atoms with Crippen molar-refractivity contribution in [3.8, 4) is 11.4 Å². The summed E-state index contributed by atoms with van der Waals surface area (Å²) in [6, 6.07) is 16.7. The highest BCUT2D eigenvalue weighted by atomic mass is 32.2. The van der Waals surface area contributed by atoms with Gasteiger partial charge in [-0.1, -0.05) is 42.1 Å². The van der Waals surface area contributed by atoms with Crippen molar-refractivity contribution < 1.29 is 13.6 Å². The summed E-state index contributed by atoms with van der Waals surface area (Å²) >= 11 is 1.26. The van der Waals surface area contributed by atoms with Gasteiger partial charge in [-0.25, -0.2) is 9.99 Å². The van der Waals surface area contributed by atoms with E-state index in [9.17, 15) is 4.79 Å². The zero-order valence-electron chi connectivity index (χ0n) is 15.8. The summed E-state index contributed by atoms with van der Waals surface area (Å²) in [4.78, 5) is 17.4. The lowest BCUT2D eigenvalue weighted by atomic mass is 10.1. The molecule has 0 bridgehead atoms. The van der Waals surface area contributed by atoms with E-state index in [0.29, 0.717) is 34.6 Å². The maximum absolute atomic E-state index is 13.0. The van der Waals surface area contributed by atoms with Crippen molar-refractivity contribution >= 4 is 23.4 Å². The van der Waals surface area contributed by atoms with E-state index in [-0.39, 0.29) is 17.7 Å². The molecule has 3 aromatic heterocycles. The number of H-pyrrole nitrogens is 1. The monoisotopic (exact) mass is 419 g/mol. The molecule has 4 aromatic rings. The highest BCUT2D eigenvalue weighted by molar-refractivity contribution is 7.99. The molecule has 0 aliphatic carbocycles. The molecule has 1 amide bonds. The standard InChI is InChI=1S/C21H17N5O3S/c27-19(13-30-21-22-20(23-24-21)14-6-2-1-3-7-14)26-16(18-9-5-11-29-18)12-15(25-26)17-8-4-10-28-17/h1-11,16H,12-13H2,(H,22,23,24)/t16-/m1/s1. The molecule has 30 heavy (non-hydrogen) atoms. The minimum Gasteiger partial charge on any atom is -0.467 e. The number of rotatable bonds is 6. The van der Waals surface area contributed by atoms with Crippen molar-refractivity contribution in [2.45, 2.75) is 17.6 Å². The van der Waals surface area contributed by atoms with Gasteiger partial charge in [0.25, 0.3) is 5.91 Å². The van der Waals surface area contributed by atoms with Crippen molar-refractivity contribution in [3.63, 3.8) is 0 Å². The van der Waals surface area contributed by atoms with Crippen LogP contribution in [0.1, 0.15) is 24.0 Å². The van der Waals surface area contributed by atoms with Crippen LogP contribution in [0.15, 0.2) is 86.2 Å². The number of carbonyl (C=O) groups excluding carboxylic acids is 1. The zero-order valence-corrected chi connectivity index (χ0v) is 16.6. The van der Waals surface area contributed by atoms with Crippen LogP contribution in [0.2, 0.25) is 0 Å². The lowest BCUT2D eigenvalue weighted by Gasteiger charge is -2.19. The Morgan fingerprint density at radius 2 is 1.93 bits per heavy atom. The van der Waals surface area contributed by atoms with Gasteiger partial charge in [0, 0.05) is 12.0 Å². The highest BCUT2D eigenvalue weighted by Crippen LogP contribution is 2.34. The van der Waals surface area contributed by atoms with Crippen LogP contribution in [-0.2, 0) is 4.79 Å². The molecule has 1 aliphatic heterocycles. The molecule has 8 nitrogen and oxygen atoms in total. The van der Waals surface area contributed by atoms with Crippen LogP contribution in [0.3, 0.4) is 0 Å². The van der Waals surface area contributed by atoms with Crippen molar-refractivity contribution in [1.29, 1.82) is 0 Å². The second-order valence-corrected chi connectivity index (χ2v) is 7.56. The molecule has 0 radical (unpaired) electrons. The van der Waals surface area contributed by atoms with E-state index in [1.807, 2.05) is 42.5 Å². The van der Waals surface area contributed by atoms with Gasteiger partial charge in [0.15, 0.2) is 5.82 Å². The quantitative estimate of drug-likeness (QED) is 0.472. The van der Waals surface area contributed by atoms with Crippen LogP contribution in [-0.4, -0.2) is 37.6 Å². The maximum Gasteiger partial charge on any atom is 0.253 e. The minimum absolute atomic E-state index is 0.151. The van der Waals surface area contributed by atoms with Crippen LogP contribution < -0.4 is 0 Å². The molecular weight excluding hydrogens is 402 g/mol. The van der Waals surface area contributed by atoms with Gasteiger partial charge in [-0.15, -0.1) is 5.10 Å². The molecule has 0 fully saturated rings. The summed E-state index contributed by atoms with van der Waals surface area (Å²) in [5.74, 6) is 1.99. The van der Waals surface area contributed by atoms with Crippen LogP contribution in [0.5, 0.6) is 0 Å². The molecule has 5 rings (SSSR count). The second-order valence-electron chi connectivity index (χ2n) is 6.62. The van der Waals surface area contributed by atoms with Gasteiger partial charge < -0.3 is 8.83 Å². The third-order valence-electron chi connectivity index (χ3n) is 4.68. The average Bonchev–Trinajstić information content (AvgIpc) is 3.57. The molecule has 1 N–H and O–H groups in total. The average molecular weight is 419 g/mol. The molecule has 1 atom stereocenters. The number of carbonyl (C=O) groups is 1. The number of furan rings is 2. The first-order valence-electron chi connectivity index (χ1n) is 9.35. The number of aromatic amines is 1. The van der Waals surface area contributed by atoms with Crippen molar-refractivity contribution in [1.82, 2.24) is 20.2 Å². The topological polar surface area (TPSA) is 101 Å². The number of amides is 1. The molecule has 150 valence electrons. The van der Waals surface area contributed by atoms with Gasteiger partial charge in [-0.2, -0.15) is 5.10 Å². The second kappa shape index (κ2) is 8.03. The van der Waals surface area contributed by atoms with E-state index >= 15 is 0 Å². The van der Waals surface area contributed by atoms with Gasteiger partial charge >= 0.3 is 0 Å². The van der Waals surface area contributed by atoms with E-state index < -0.39 is 0 Å². The molecule has 1 aliphatic rings. The summed E-state index contributed by atoms with van der Waals surface area (Å²) in [5, 5.41) is 13.6. The maximum atomic E-state index is 13.0. The molecule has 0 unspecified atom stereocenters. The van der Waals surface area contributed by atoms with Crippen molar-refractivity contribution in [3.05, 3.63) is 78.6 Å². The summed E-state index contributed by atoms with van der Waals surface area (Å²) in [6.45, 7) is 0. The van der Waals surface area contributed by atoms with Gasteiger partial charge in [-0.05, 0) is 24.3 Å². The Balaban J connectivity index is 1.31. The summed E-state index contributed by atoms with van der Waals surface area (Å²) in [7, 11) is 0. The number of thioether (sulfide) groups is 1. The third kappa shape index (κ3) is 3.67. The minimum atomic E-state index is -0.305. The van der Waals surface area contributed by atoms with Gasteiger partial charge in [0.2, 0.25) is 5.16 Å². The number of aromatic nitrogens is 3. The lowest BCUT2D eigenvalue weighted by molar-refractivity contribution is -0.130. The molecule has 9 heteroatoms. The van der Waals surface area contributed by atoms with Crippen LogP contribution in [0.25, 0.3) is 11.4 Å². The fourth-order valence-corrected chi connectivity index (χ4v) is 3.91. The summed E-state index contributed by atoms with van der Waals surface area (Å²) < 4.78 is 11.0. The Kier molecular flexibility index (Phi) is 4.94. The van der Waals surface area contributed by atoms with E-state index in [2.05, 4.69) is 20.3 Å². The van der Waals surface area contributed by atoms with Gasteiger partial charge in [0.1, 0.15) is 23.3 Å². The fraction of sp³-hybridized carbons (Fsp3) is 0.143. The molecule has 0 saturated carbocycles. The Hall–Kier alpha value is -3.59. The Bertz CT molecular complexity index is 1150. The number of hydrogen-bond acceptors (Lipinski definition) is 7. The summed E-state index contributed by atoms with van der Waals surface area (Å²) in [6.07, 6.45) is 3.71. The Morgan fingerprint density at radius 3 is 2.70 bits per heavy atom. The van der Waals surface area contributed by atoms with Crippen molar-refractivity contribution in [2.75, 3.05) is 5.75 Å². The van der Waals surface area contributed by atoms with E-state index in [1.54, 1.807) is 24.7 Å². The van der Waals surface area contributed by atoms with E-state index in [1.165, 1.54) is 16.8 Å². The van der Waals surface area contributed by atoms with Gasteiger partial charge in [-0.3, -0.25) is 9.89 Å². The third-order valence-corrected chi connectivity index (χ3v) is 5.51. The van der Waals surface area contributed by atoms with Crippen LogP contribution >= 0.6 is 11.8 Å². The number of hydrogen-bond donors (Lipinski definition) is 1. The Morgan fingerprint density at radius 1 is 1.10 bits per heavy atom. The Labute approximate surface area is 176 Å². The lowest BCUT2D eigenvalue weighted by Crippen LogP contribution is -2.28. The SMILES string of the molecule is O=C(CSc1n[nH]c(-c2ccccc2)n1)N1N=C(c2ccco2)C[C@@H]1c1ccco1. The number of hydrazone groups is 1. The first-order chi connectivity index (χ1) is 14.8. The fourth-order valence-electron chi connectivity index (χ4n) is 3.26. The molecular formula is C21H17N5O3S. The van der Waals surface area contributed by atoms with E-state index in [4.69, 9.17) is 8.83 Å². The van der Waals surface area contributed by atoms with Crippen molar-refractivity contribution in [2.24, 2.45) is 5.10 Å². The number of nitrogens with zero attached hydrogens (tertiary/aromatic N) is 4. The van der Waals surface area contributed by atoms with Crippen LogP contribution in [0.4, 0.5) is 0 Å². The molecule has 1 aromatic carbocycles. The first-order valence-corrected chi connectivity index (χ1v) is 10.3. The highest BCUT2D eigenvalue weighted by Gasteiger charge is 2.35. The van der Waals surface area contributed by atoms with Crippen LogP contribution in [0, 0.1) is 0 Å². The molecule has 0 saturated heterocycles. The first kappa shape index (κ1) is 18.4. The molecule has 4 heterocycles. The smallest absolute Gasteiger partial charge is 0.253 e.